The standard InChI is InChI=1S/C20H29N3O2/c1-4-5-6-7-19(25)23-13-11-20(2,16-23)15-21-18(24)9-8-17-10-12-22(3)14-17/h6-10,12,14H,4-5,11,13,15-16H2,1-3H3,(H,21,24)/b7-6+,9-8+. The second-order valence-corrected chi connectivity index (χ2v) is 7.17. The first kappa shape index (κ1) is 19.0. The third-order valence-corrected chi connectivity index (χ3v) is 4.56. The number of unbranched alkanes of at least 4 members (excludes halogenated alkanes) is 1. The van der Waals surface area contributed by atoms with E-state index >= 15 is 0 Å². The molecule has 0 saturated carbocycles. The predicted molar refractivity (Wildman–Crippen MR) is 101 cm³/mol. The van der Waals surface area contributed by atoms with Gasteiger partial charge < -0.3 is 14.8 Å². The smallest absolute Gasteiger partial charge is 0.246 e. The van der Waals surface area contributed by atoms with E-state index in [4.69, 9.17) is 0 Å². The highest BCUT2D eigenvalue weighted by Gasteiger charge is 2.35. The van der Waals surface area contributed by atoms with Gasteiger partial charge in [0.15, 0.2) is 0 Å². The lowest BCUT2D eigenvalue weighted by Crippen LogP contribution is -2.38. The number of nitrogens with zero attached hydrogens (tertiary/aromatic N) is 2. The monoisotopic (exact) mass is 343 g/mol. The molecule has 1 fully saturated rings. The number of allylic oxidation sites excluding steroid dienone is 1. The normalized spacial score (nSPS) is 20.7. The highest BCUT2D eigenvalue weighted by molar-refractivity contribution is 5.91. The van der Waals surface area contributed by atoms with Crippen molar-refractivity contribution in [2.45, 2.75) is 33.1 Å². The highest BCUT2D eigenvalue weighted by Crippen LogP contribution is 2.29. The summed E-state index contributed by atoms with van der Waals surface area (Å²) < 4.78 is 1.94. The summed E-state index contributed by atoms with van der Waals surface area (Å²) in [5, 5.41) is 2.97. The molecule has 1 N–H and O–H groups in total. The molecule has 1 aromatic heterocycles. The molecule has 1 aromatic rings. The molecule has 5 heteroatoms. The Bertz CT molecular complexity index is 660. The lowest BCUT2D eigenvalue weighted by atomic mass is 9.90. The lowest BCUT2D eigenvalue weighted by molar-refractivity contribution is -0.125. The molecule has 0 aromatic carbocycles. The van der Waals surface area contributed by atoms with Gasteiger partial charge in [-0.1, -0.05) is 26.3 Å². The minimum atomic E-state index is -0.0994. The maximum absolute atomic E-state index is 12.1. The van der Waals surface area contributed by atoms with E-state index in [2.05, 4.69) is 19.2 Å². The van der Waals surface area contributed by atoms with E-state index in [0.29, 0.717) is 13.1 Å². The summed E-state index contributed by atoms with van der Waals surface area (Å²) in [6.45, 7) is 6.23. The Kier molecular flexibility index (Phi) is 6.62. The molecule has 1 aliphatic rings. The molecule has 0 radical (unpaired) electrons. The van der Waals surface area contributed by atoms with Crippen LogP contribution in [0.4, 0.5) is 0 Å². The van der Waals surface area contributed by atoms with Gasteiger partial charge in [0, 0.05) is 50.6 Å². The van der Waals surface area contributed by atoms with Crippen LogP contribution in [-0.4, -0.2) is 40.9 Å². The number of hydrogen-bond donors (Lipinski definition) is 1. The Morgan fingerprint density at radius 3 is 2.84 bits per heavy atom. The van der Waals surface area contributed by atoms with E-state index in [-0.39, 0.29) is 17.2 Å². The minimum absolute atomic E-state index is 0.0650. The molecular weight excluding hydrogens is 314 g/mol. The van der Waals surface area contributed by atoms with E-state index in [1.54, 1.807) is 18.2 Å². The minimum Gasteiger partial charge on any atom is -0.357 e. The van der Waals surface area contributed by atoms with Crippen LogP contribution in [0.2, 0.25) is 0 Å². The molecule has 5 nitrogen and oxygen atoms in total. The molecule has 0 bridgehead atoms. The fourth-order valence-corrected chi connectivity index (χ4v) is 2.97. The number of nitrogens with one attached hydrogen (secondary N) is 1. The number of carbonyl (C=O) groups excluding carboxylic acids is 2. The molecule has 1 aliphatic heterocycles. The second kappa shape index (κ2) is 8.70. The van der Waals surface area contributed by atoms with Crippen LogP contribution in [-0.2, 0) is 16.6 Å². The van der Waals surface area contributed by atoms with Crippen LogP contribution < -0.4 is 5.32 Å². The molecule has 1 saturated heterocycles. The maximum Gasteiger partial charge on any atom is 0.246 e. The van der Waals surface area contributed by atoms with E-state index in [9.17, 15) is 9.59 Å². The number of likely N-dealkylation sites (tertiary alicyclic amines) is 1. The van der Waals surface area contributed by atoms with Gasteiger partial charge in [0.1, 0.15) is 0 Å². The fourth-order valence-electron chi connectivity index (χ4n) is 2.97. The fraction of sp³-hybridized carbons (Fsp3) is 0.500. The SMILES string of the molecule is CCC/C=C/C(=O)N1CCC(C)(CNC(=O)/C=C/c2ccn(C)c2)C1. The third kappa shape index (κ3) is 5.93. The summed E-state index contributed by atoms with van der Waals surface area (Å²) in [5.74, 6) is -0.0230. The lowest BCUT2D eigenvalue weighted by Gasteiger charge is -2.24. The molecule has 0 spiro atoms. The van der Waals surface area contributed by atoms with Crippen molar-refractivity contribution in [3.8, 4) is 0 Å². The van der Waals surface area contributed by atoms with E-state index < -0.39 is 0 Å². The number of hydrogen-bond acceptors (Lipinski definition) is 2. The topological polar surface area (TPSA) is 54.3 Å². The highest BCUT2D eigenvalue weighted by atomic mass is 16.2. The molecule has 2 heterocycles. The second-order valence-electron chi connectivity index (χ2n) is 7.17. The van der Waals surface area contributed by atoms with Crippen LogP contribution in [0.15, 0.2) is 36.7 Å². The van der Waals surface area contributed by atoms with Crippen LogP contribution in [0.1, 0.15) is 38.7 Å². The Morgan fingerprint density at radius 1 is 1.36 bits per heavy atom. The number of aryl methyl sites for hydroxylation is 1. The molecule has 2 amide bonds. The van der Waals surface area contributed by atoms with Crippen LogP contribution in [0.25, 0.3) is 6.08 Å². The molecule has 1 atom stereocenters. The number of carbonyl (C=O) groups is 2. The Balaban J connectivity index is 1.79. The summed E-state index contributed by atoms with van der Waals surface area (Å²) >= 11 is 0. The molecular formula is C20H29N3O2. The van der Waals surface area contributed by atoms with Gasteiger partial charge in [-0.05, 0) is 36.6 Å². The summed E-state index contributed by atoms with van der Waals surface area (Å²) in [6.07, 6.45) is 13.8. The number of rotatable bonds is 7. The Hall–Kier alpha value is -2.30. The Morgan fingerprint density at radius 2 is 2.16 bits per heavy atom. The van der Waals surface area contributed by atoms with Crippen LogP contribution in [0, 0.1) is 5.41 Å². The van der Waals surface area contributed by atoms with Crippen molar-refractivity contribution in [2.24, 2.45) is 12.5 Å². The van der Waals surface area contributed by atoms with E-state index in [1.807, 2.05) is 41.1 Å². The third-order valence-electron chi connectivity index (χ3n) is 4.56. The molecule has 0 aliphatic carbocycles. The molecule has 136 valence electrons. The van der Waals surface area contributed by atoms with Crippen LogP contribution in [0.5, 0.6) is 0 Å². The van der Waals surface area contributed by atoms with Gasteiger partial charge in [-0.25, -0.2) is 0 Å². The van der Waals surface area contributed by atoms with Crippen molar-refractivity contribution in [1.82, 2.24) is 14.8 Å². The molecule has 2 rings (SSSR count). The first-order chi connectivity index (χ1) is 11.9. The first-order valence-corrected chi connectivity index (χ1v) is 8.95. The average Bonchev–Trinajstić information content (AvgIpc) is 3.18. The van der Waals surface area contributed by atoms with Crippen molar-refractivity contribution in [1.29, 1.82) is 0 Å². The Labute approximate surface area is 150 Å². The maximum atomic E-state index is 12.1. The molecule has 1 unspecified atom stereocenters. The van der Waals surface area contributed by atoms with Crippen molar-refractivity contribution >= 4 is 17.9 Å². The zero-order valence-corrected chi connectivity index (χ0v) is 15.5. The van der Waals surface area contributed by atoms with Crippen molar-refractivity contribution < 1.29 is 9.59 Å². The van der Waals surface area contributed by atoms with Gasteiger partial charge in [0.2, 0.25) is 11.8 Å². The summed E-state index contributed by atoms with van der Waals surface area (Å²) in [6, 6.07) is 1.96. The summed E-state index contributed by atoms with van der Waals surface area (Å²) in [4.78, 5) is 26.0. The largest absolute Gasteiger partial charge is 0.357 e. The number of amides is 2. The van der Waals surface area contributed by atoms with Gasteiger partial charge in [0.25, 0.3) is 0 Å². The molecule has 25 heavy (non-hydrogen) atoms. The van der Waals surface area contributed by atoms with Crippen molar-refractivity contribution in [3.63, 3.8) is 0 Å². The summed E-state index contributed by atoms with van der Waals surface area (Å²) in [7, 11) is 1.95. The van der Waals surface area contributed by atoms with Gasteiger partial charge in [-0.3, -0.25) is 9.59 Å². The van der Waals surface area contributed by atoms with Crippen molar-refractivity contribution in [3.05, 3.63) is 42.3 Å². The van der Waals surface area contributed by atoms with Gasteiger partial charge >= 0.3 is 0 Å². The van der Waals surface area contributed by atoms with Gasteiger partial charge in [0.05, 0.1) is 0 Å². The summed E-state index contributed by atoms with van der Waals surface area (Å²) in [5.41, 5.74) is 0.935. The van der Waals surface area contributed by atoms with Gasteiger partial charge in [-0.15, -0.1) is 0 Å². The van der Waals surface area contributed by atoms with Crippen molar-refractivity contribution in [2.75, 3.05) is 19.6 Å². The first-order valence-electron chi connectivity index (χ1n) is 8.95. The van der Waals surface area contributed by atoms with Crippen LogP contribution >= 0.6 is 0 Å². The zero-order valence-electron chi connectivity index (χ0n) is 15.5. The van der Waals surface area contributed by atoms with E-state index in [0.717, 1.165) is 31.4 Å². The predicted octanol–water partition coefficient (Wildman–Crippen LogP) is 2.75. The van der Waals surface area contributed by atoms with Gasteiger partial charge in [-0.2, -0.15) is 0 Å². The van der Waals surface area contributed by atoms with E-state index in [1.165, 1.54) is 0 Å². The zero-order chi connectivity index (χ0) is 18.3. The number of aromatic nitrogens is 1. The van der Waals surface area contributed by atoms with Crippen LogP contribution in [0.3, 0.4) is 0 Å². The average molecular weight is 343 g/mol. The quantitative estimate of drug-likeness (QED) is 0.774.